The first kappa shape index (κ1) is 23.8. The van der Waals surface area contributed by atoms with E-state index in [1.54, 1.807) is 0 Å². The summed E-state index contributed by atoms with van der Waals surface area (Å²) in [4.78, 5) is 29.6. The van der Waals surface area contributed by atoms with Gasteiger partial charge in [0, 0.05) is 56.6 Å². The summed E-state index contributed by atoms with van der Waals surface area (Å²) in [6, 6.07) is 13.6. The lowest BCUT2D eigenvalue weighted by atomic mass is 10.1. The van der Waals surface area contributed by atoms with Crippen molar-refractivity contribution >= 4 is 23.2 Å². The van der Waals surface area contributed by atoms with Gasteiger partial charge in [-0.15, -0.1) is 0 Å². The quantitative estimate of drug-likeness (QED) is 0.662. The van der Waals surface area contributed by atoms with Gasteiger partial charge in [-0.25, -0.2) is 0 Å². The fraction of sp³-hybridized carbons (Fsp3) is 0.462. The predicted octanol–water partition coefficient (Wildman–Crippen LogP) is 4.48. The Hall–Kier alpha value is -2.86. The highest BCUT2D eigenvalue weighted by atomic mass is 16.5. The predicted molar refractivity (Wildman–Crippen MR) is 129 cm³/mol. The highest BCUT2D eigenvalue weighted by Gasteiger charge is 2.25. The van der Waals surface area contributed by atoms with Gasteiger partial charge in [-0.3, -0.25) is 9.59 Å². The lowest BCUT2D eigenvalue weighted by molar-refractivity contribution is -0.118. The minimum atomic E-state index is -0.106. The van der Waals surface area contributed by atoms with E-state index in [0.717, 1.165) is 42.0 Å². The Morgan fingerprint density at radius 3 is 2.56 bits per heavy atom. The molecule has 6 nitrogen and oxygen atoms in total. The van der Waals surface area contributed by atoms with Crippen LogP contribution in [-0.2, 0) is 16.1 Å². The summed E-state index contributed by atoms with van der Waals surface area (Å²) in [5.74, 6) is -0.142. The van der Waals surface area contributed by atoms with Crippen LogP contribution in [0.5, 0.6) is 0 Å². The molecule has 2 aromatic rings. The third-order valence-corrected chi connectivity index (χ3v) is 5.71. The van der Waals surface area contributed by atoms with Gasteiger partial charge < -0.3 is 19.9 Å². The molecule has 1 N–H and O–H groups in total. The number of hydrogen-bond acceptors (Lipinski definition) is 4. The van der Waals surface area contributed by atoms with E-state index in [1.165, 1.54) is 0 Å². The fourth-order valence-electron chi connectivity index (χ4n) is 3.93. The number of nitrogens with one attached hydrogen (secondary N) is 1. The van der Waals surface area contributed by atoms with Crippen LogP contribution in [0.2, 0.25) is 0 Å². The van der Waals surface area contributed by atoms with Crippen LogP contribution in [-0.4, -0.2) is 50.1 Å². The molecule has 3 rings (SSSR count). The first-order chi connectivity index (χ1) is 15.2. The van der Waals surface area contributed by atoms with Crippen LogP contribution in [0.15, 0.2) is 42.5 Å². The lowest BCUT2D eigenvalue weighted by Crippen LogP contribution is -2.37. The van der Waals surface area contributed by atoms with Gasteiger partial charge in [-0.2, -0.15) is 0 Å². The molecule has 1 aliphatic heterocycles. The van der Waals surface area contributed by atoms with Crippen molar-refractivity contribution < 1.29 is 14.3 Å². The average molecular weight is 438 g/mol. The fourth-order valence-corrected chi connectivity index (χ4v) is 3.93. The van der Waals surface area contributed by atoms with E-state index in [1.807, 2.05) is 87.1 Å². The van der Waals surface area contributed by atoms with Crippen molar-refractivity contribution in [3.8, 4) is 0 Å². The topological polar surface area (TPSA) is 61.9 Å². The monoisotopic (exact) mass is 437 g/mol. The molecule has 0 bridgehead atoms. The van der Waals surface area contributed by atoms with Crippen LogP contribution in [0.4, 0.5) is 11.4 Å². The third-order valence-electron chi connectivity index (χ3n) is 5.71. The van der Waals surface area contributed by atoms with E-state index >= 15 is 0 Å². The van der Waals surface area contributed by atoms with Crippen LogP contribution in [0.1, 0.15) is 48.2 Å². The van der Waals surface area contributed by atoms with Crippen LogP contribution >= 0.6 is 0 Å². The van der Waals surface area contributed by atoms with Gasteiger partial charge in [-0.05, 0) is 55.7 Å². The van der Waals surface area contributed by atoms with Crippen molar-refractivity contribution in [1.82, 2.24) is 4.90 Å². The largest absolute Gasteiger partial charge is 0.377 e. The Balaban J connectivity index is 1.92. The normalized spacial score (nSPS) is 15.6. The van der Waals surface area contributed by atoms with Crippen molar-refractivity contribution in [2.24, 2.45) is 5.92 Å². The van der Waals surface area contributed by atoms with E-state index in [-0.39, 0.29) is 23.8 Å². The third kappa shape index (κ3) is 6.10. The minimum Gasteiger partial charge on any atom is -0.377 e. The Morgan fingerprint density at radius 2 is 1.94 bits per heavy atom. The Bertz CT molecular complexity index is 949. The van der Waals surface area contributed by atoms with Gasteiger partial charge in [0.05, 0.1) is 6.10 Å². The maximum atomic E-state index is 13.5. The molecule has 0 spiro atoms. The molecule has 172 valence electrons. The van der Waals surface area contributed by atoms with E-state index in [4.69, 9.17) is 4.74 Å². The standard InChI is InChI=1S/C26H35N3O3/c1-18(2)25(30)27-22-11-12-24(28(4)5)21(15-22)16-29(17-23-10-7-13-32-23)26(31)20-9-6-8-19(3)14-20/h6,8-9,11-12,14-15,18,23H,7,10,13,16-17H2,1-5H3,(H,27,30)/t23-/m1/s1. The molecule has 0 unspecified atom stereocenters. The first-order valence-corrected chi connectivity index (χ1v) is 11.3. The molecule has 0 radical (unpaired) electrons. The summed E-state index contributed by atoms with van der Waals surface area (Å²) in [5, 5.41) is 2.98. The molecule has 0 aromatic heterocycles. The average Bonchev–Trinajstić information content (AvgIpc) is 3.25. The SMILES string of the molecule is Cc1cccc(C(=O)N(Cc2cc(NC(=O)C(C)C)ccc2N(C)C)C[C@H]2CCCO2)c1. The second-order valence-corrected chi connectivity index (χ2v) is 9.07. The number of amides is 2. The second kappa shape index (κ2) is 10.6. The highest BCUT2D eigenvalue weighted by Crippen LogP contribution is 2.26. The number of anilines is 2. The smallest absolute Gasteiger partial charge is 0.254 e. The van der Waals surface area contributed by atoms with Crippen LogP contribution in [0, 0.1) is 12.8 Å². The molecule has 1 heterocycles. The summed E-state index contributed by atoms with van der Waals surface area (Å²) in [6.07, 6.45) is 2.04. The first-order valence-electron chi connectivity index (χ1n) is 11.3. The zero-order valence-electron chi connectivity index (χ0n) is 19.9. The Kier molecular flexibility index (Phi) is 7.91. The summed E-state index contributed by atoms with van der Waals surface area (Å²) >= 11 is 0. The van der Waals surface area contributed by atoms with E-state index in [9.17, 15) is 9.59 Å². The number of aryl methyl sites for hydroxylation is 1. The molecular formula is C26H35N3O3. The molecule has 1 atom stereocenters. The number of benzene rings is 2. The summed E-state index contributed by atoms with van der Waals surface area (Å²) < 4.78 is 5.85. The number of carbonyl (C=O) groups is 2. The molecule has 2 amide bonds. The van der Waals surface area contributed by atoms with Gasteiger partial charge in [0.25, 0.3) is 5.91 Å². The van der Waals surface area contributed by atoms with Gasteiger partial charge >= 0.3 is 0 Å². The maximum absolute atomic E-state index is 13.5. The molecule has 0 aliphatic carbocycles. The second-order valence-electron chi connectivity index (χ2n) is 9.07. The molecule has 6 heteroatoms. The van der Waals surface area contributed by atoms with Gasteiger partial charge in [0.1, 0.15) is 0 Å². The van der Waals surface area contributed by atoms with Crippen molar-refractivity contribution in [3.05, 3.63) is 59.2 Å². The summed E-state index contributed by atoms with van der Waals surface area (Å²) in [6.45, 7) is 7.46. The number of rotatable bonds is 8. The van der Waals surface area contributed by atoms with Crippen molar-refractivity contribution in [1.29, 1.82) is 0 Å². The molecule has 1 fully saturated rings. The minimum absolute atomic E-state index is 0.00877. The molecule has 1 aliphatic rings. The van der Waals surface area contributed by atoms with Crippen molar-refractivity contribution in [2.45, 2.75) is 46.3 Å². The molecule has 32 heavy (non-hydrogen) atoms. The molecule has 0 saturated carbocycles. The van der Waals surface area contributed by atoms with E-state index in [0.29, 0.717) is 18.7 Å². The van der Waals surface area contributed by atoms with Gasteiger partial charge in [0.2, 0.25) is 5.91 Å². The zero-order valence-corrected chi connectivity index (χ0v) is 19.9. The summed E-state index contributed by atoms with van der Waals surface area (Å²) in [5.41, 5.74) is 4.47. The van der Waals surface area contributed by atoms with Crippen LogP contribution < -0.4 is 10.2 Å². The van der Waals surface area contributed by atoms with Crippen LogP contribution in [0.3, 0.4) is 0 Å². The van der Waals surface area contributed by atoms with Gasteiger partial charge in [0.15, 0.2) is 0 Å². The van der Waals surface area contributed by atoms with Crippen molar-refractivity contribution in [3.63, 3.8) is 0 Å². The van der Waals surface area contributed by atoms with E-state index in [2.05, 4.69) is 5.32 Å². The highest BCUT2D eigenvalue weighted by molar-refractivity contribution is 5.95. The molecule has 2 aromatic carbocycles. The maximum Gasteiger partial charge on any atom is 0.254 e. The van der Waals surface area contributed by atoms with Gasteiger partial charge in [-0.1, -0.05) is 31.5 Å². The van der Waals surface area contributed by atoms with Crippen molar-refractivity contribution in [2.75, 3.05) is 37.5 Å². The Labute approximate surface area is 191 Å². The van der Waals surface area contributed by atoms with E-state index < -0.39 is 0 Å². The number of ether oxygens (including phenoxy) is 1. The zero-order chi connectivity index (χ0) is 23.3. The molecular weight excluding hydrogens is 402 g/mol. The van der Waals surface area contributed by atoms with Crippen LogP contribution in [0.25, 0.3) is 0 Å². The molecule has 1 saturated heterocycles. The Morgan fingerprint density at radius 1 is 1.16 bits per heavy atom. The number of nitrogens with zero attached hydrogens (tertiary/aromatic N) is 2. The summed E-state index contributed by atoms with van der Waals surface area (Å²) in [7, 11) is 3.97. The lowest BCUT2D eigenvalue weighted by Gasteiger charge is -2.28. The number of carbonyl (C=O) groups excluding carboxylic acids is 2. The number of hydrogen-bond donors (Lipinski definition) is 1.